The van der Waals surface area contributed by atoms with Gasteiger partial charge in [0.25, 0.3) is 5.91 Å². The molecule has 0 bridgehead atoms. The molecule has 0 unspecified atom stereocenters. The second-order valence-electron chi connectivity index (χ2n) is 6.25. The van der Waals surface area contributed by atoms with Crippen LogP contribution < -0.4 is 10.7 Å². The maximum absolute atomic E-state index is 12.0. The van der Waals surface area contributed by atoms with Gasteiger partial charge in [-0.2, -0.15) is 5.10 Å². The lowest BCUT2D eigenvalue weighted by atomic mass is 10.1. The van der Waals surface area contributed by atoms with Crippen molar-refractivity contribution >= 4 is 28.8 Å². The van der Waals surface area contributed by atoms with E-state index in [1.807, 2.05) is 57.2 Å². The number of benzene rings is 2. The number of rotatable bonds is 6. The highest BCUT2D eigenvalue weighted by Gasteiger charge is 2.10. The molecule has 0 spiro atoms. The maximum Gasteiger partial charge on any atom is 0.259 e. The molecule has 5 heteroatoms. The van der Waals surface area contributed by atoms with E-state index in [0.717, 1.165) is 40.0 Å². The van der Waals surface area contributed by atoms with Crippen molar-refractivity contribution in [2.75, 3.05) is 11.9 Å². The number of hydrogen-bond donors (Lipinski definition) is 2. The predicted molar refractivity (Wildman–Crippen MR) is 106 cm³/mol. The van der Waals surface area contributed by atoms with Crippen LogP contribution in [0, 0.1) is 13.8 Å². The van der Waals surface area contributed by atoms with E-state index in [9.17, 15) is 4.79 Å². The fourth-order valence-electron chi connectivity index (χ4n) is 2.92. The Labute approximate surface area is 153 Å². The molecule has 5 nitrogen and oxygen atoms in total. The van der Waals surface area contributed by atoms with Crippen molar-refractivity contribution in [2.45, 2.75) is 27.2 Å². The number of carbonyl (C=O) groups is 1. The Balaban J connectivity index is 1.62. The molecule has 1 amide bonds. The van der Waals surface area contributed by atoms with Crippen LogP contribution in [0.15, 0.2) is 52.0 Å². The van der Waals surface area contributed by atoms with Crippen molar-refractivity contribution in [3.63, 3.8) is 0 Å². The SMILES string of the molecule is CCc1oc2ccccc2c1/C=N\NC(=O)CNc1ccc(C)cc1C. The van der Waals surface area contributed by atoms with E-state index < -0.39 is 0 Å². The van der Waals surface area contributed by atoms with Gasteiger partial charge >= 0.3 is 0 Å². The highest BCUT2D eigenvalue weighted by atomic mass is 16.3. The molecule has 1 aromatic heterocycles. The van der Waals surface area contributed by atoms with Crippen molar-refractivity contribution in [1.29, 1.82) is 0 Å². The van der Waals surface area contributed by atoms with Crippen LogP contribution in [0.25, 0.3) is 11.0 Å². The largest absolute Gasteiger partial charge is 0.460 e. The number of nitrogens with zero attached hydrogens (tertiary/aromatic N) is 1. The third kappa shape index (κ3) is 3.94. The highest BCUT2D eigenvalue weighted by molar-refractivity contribution is 5.99. The number of carbonyl (C=O) groups excluding carboxylic acids is 1. The van der Waals surface area contributed by atoms with Crippen molar-refractivity contribution in [3.05, 3.63) is 64.9 Å². The van der Waals surface area contributed by atoms with E-state index >= 15 is 0 Å². The maximum atomic E-state index is 12.0. The van der Waals surface area contributed by atoms with Crippen molar-refractivity contribution < 1.29 is 9.21 Å². The molecule has 0 saturated carbocycles. The number of anilines is 1. The zero-order valence-electron chi connectivity index (χ0n) is 15.3. The Hall–Kier alpha value is -3.08. The van der Waals surface area contributed by atoms with Gasteiger partial charge in [0.2, 0.25) is 0 Å². The van der Waals surface area contributed by atoms with E-state index in [-0.39, 0.29) is 12.5 Å². The van der Waals surface area contributed by atoms with E-state index in [4.69, 9.17) is 4.42 Å². The number of fused-ring (bicyclic) bond motifs is 1. The molecule has 3 aromatic rings. The second kappa shape index (κ2) is 7.87. The van der Waals surface area contributed by atoms with Gasteiger partial charge in [0.1, 0.15) is 11.3 Å². The molecule has 3 rings (SSSR count). The summed E-state index contributed by atoms with van der Waals surface area (Å²) in [7, 11) is 0. The Morgan fingerprint density at radius 2 is 2.00 bits per heavy atom. The van der Waals surface area contributed by atoms with Crippen LogP contribution in [0.4, 0.5) is 5.69 Å². The molecule has 0 aliphatic carbocycles. The van der Waals surface area contributed by atoms with Gasteiger partial charge in [-0.25, -0.2) is 5.43 Å². The lowest BCUT2D eigenvalue weighted by Crippen LogP contribution is -2.26. The minimum absolute atomic E-state index is 0.161. The molecule has 2 aromatic carbocycles. The number of hydrazone groups is 1. The van der Waals surface area contributed by atoms with E-state index in [0.29, 0.717) is 0 Å². The Bertz CT molecular complexity index is 957. The van der Waals surface area contributed by atoms with E-state index in [1.54, 1.807) is 6.21 Å². The summed E-state index contributed by atoms with van der Waals surface area (Å²) in [5.74, 6) is 0.657. The van der Waals surface area contributed by atoms with Gasteiger partial charge in [-0.15, -0.1) is 0 Å². The van der Waals surface area contributed by atoms with Crippen LogP contribution in [-0.4, -0.2) is 18.7 Å². The summed E-state index contributed by atoms with van der Waals surface area (Å²) in [4.78, 5) is 12.0. The van der Waals surface area contributed by atoms with Crippen molar-refractivity contribution in [2.24, 2.45) is 5.10 Å². The molecule has 134 valence electrons. The minimum atomic E-state index is -0.202. The van der Waals surface area contributed by atoms with Crippen LogP contribution in [-0.2, 0) is 11.2 Å². The number of furan rings is 1. The van der Waals surface area contributed by atoms with Gasteiger partial charge in [-0.05, 0) is 31.5 Å². The van der Waals surface area contributed by atoms with Crippen LogP contribution in [0.5, 0.6) is 0 Å². The third-order valence-electron chi connectivity index (χ3n) is 4.24. The molecule has 2 N–H and O–H groups in total. The molecule has 0 atom stereocenters. The normalized spacial score (nSPS) is 11.2. The zero-order chi connectivity index (χ0) is 18.5. The molecule has 1 heterocycles. The standard InChI is InChI=1S/C21H23N3O2/c1-4-19-17(16-7-5-6-8-20(16)26-19)12-23-24-21(25)13-22-18-10-9-14(2)11-15(18)3/h5-12,22H,4,13H2,1-3H3,(H,24,25)/b23-12-. The molecule has 0 aliphatic heterocycles. The summed E-state index contributed by atoms with van der Waals surface area (Å²) in [6.45, 7) is 6.25. The molecular weight excluding hydrogens is 326 g/mol. The molecule has 0 saturated heterocycles. The first kappa shape index (κ1) is 17.7. The average molecular weight is 349 g/mol. The number of nitrogens with one attached hydrogen (secondary N) is 2. The van der Waals surface area contributed by atoms with Crippen LogP contribution in [0.2, 0.25) is 0 Å². The molecule has 0 aliphatic rings. The van der Waals surface area contributed by atoms with Gasteiger partial charge < -0.3 is 9.73 Å². The third-order valence-corrected chi connectivity index (χ3v) is 4.24. The monoisotopic (exact) mass is 349 g/mol. The fraction of sp³-hybridized carbons (Fsp3) is 0.238. The quantitative estimate of drug-likeness (QED) is 0.518. The summed E-state index contributed by atoms with van der Waals surface area (Å²) in [5.41, 5.74) is 7.55. The fourth-order valence-corrected chi connectivity index (χ4v) is 2.92. The van der Waals surface area contributed by atoms with Crippen LogP contribution in [0.3, 0.4) is 0 Å². The number of hydrogen-bond acceptors (Lipinski definition) is 4. The summed E-state index contributed by atoms with van der Waals surface area (Å²) in [6, 6.07) is 13.9. The van der Waals surface area contributed by atoms with Crippen molar-refractivity contribution in [1.82, 2.24) is 5.43 Å². The van der Waals surface area contributed by atoms with E-state index in [1.165, 1.54) is 5.56 Å². The summed E-state index contributed by atoms with van der Waals surface area (Å²) < 4.78 is 5.82. The molecule has 0 radical (unpaired) electrons. The summed E-state index contributed by atoms with van der Waals surface area (Å²) >= 11 is 0. The van der Waals surface area contributed by atoms with Gasteiger partial charge in [0.05, 0.1) is 12.8 Å². The van der Waals surface area contributed by atoms with Crippen LogP contribution >= 0.6 is 0 Å². The van der Waals surface area contributed by atoms with Gasteiger partial charge in [0, 0.05) is 23.1 Å². The Morgan fingerprint density at radius 1 is 1.19 bits per heavy atom. The molecule has 26 heavy (non-hydrogen) atoms. The second-order valence-corrected chi connectivity index (χ2v) is 6.25. The highest BCUT2D eigenvalue weighted by Crippen LogP contribution is 2.24. The number of aryl methyl sites for hydroxylation is 3. The topological polar surface area (TPSA) is 66.6 Å². The molecule has 0 fully saturated rings. The molecular formula is C21H23N3O2. The van der Waals surface area contributed by atoms with Crippen molar-refractivity contribution in [3.8, 4) is 0 Å². The zero-order valence-corrected chi connectivity index (χ0v) is 15.3. The number of para-hydroxylation sites is 1. The van der Waals surface area contributed by atoms with Gasteiger partial charge in [-0.3, -0.25) is 4.79 Å². The summed E-state index contributed by atoms with van der Waals surface area (Å²) in [5, 5.41) is 8.22. The first-order chi connectivity index (χ1) is 12.6. The van der Waals surface area contributed by atoms with E-state index in [2.05, 4.69) is 21.9 Å². The summed E-state index contributed by atoms with van der Waals surface area (Å²) in [6.07, 6.45) is 2.41. The first-order valence-corrected chi connectivity index (χ1v) is 8.72. The van der Waals surface area contributed by atoms with Gasteiger partial charge in [-0.1, -0.05) is 42.8 Å². The lowest BCUT2D eigenvalue weighted by Gasteiger charge is -2.09. The lowest BCUT2D eigenvalue weighted by molar-refractivity contribution is -0.119. The number of amides is 1. The Morgan fingerprint density at radius 3 is 2.77 bits per heavy atom. The average Bonchev–Trinajstić information content (AvgIpc) is 2.99. The first-order valence-electron chi connectivity index (χ1n) is 8.72. The Kier molecular flexibility index (Phi) is 5.37. The smallest absolute Gasteiger partial charge is 0.259 e. The predicted octanol–water partition coefficient (Wildman–Crippen LogP) is 4.17. The minimum Gasteiger partial charge on any atom is -0.460 e. The van der Waals surface area contributed by atoms with Gasteiger partial charge in [0.15, 0.2) is 0 Å². The van der Waals surface area contributed by atoms with Crippen LogP contribution in [0.1, 0.15) is 29.4 Å².